The van der Waals surface area contributed by atoms with Crippen LogP contribution in [0.1, 0.15) is 23.6 Å². The van der Waals surface area contributed by atoms with Crippen molar-refractivity contribution in [1.29, 1.82) is 0 Å². The van der Waals surface area contributed by atoms with Gasteiger partial charge >= 0.3 is 6.03 Å². The summed E-state index contributed by atoms with van der Waals surface area (Å²) >= 11 is 0. The number of ether oxygens (including phenoxy) is 1. The van der Waals surface area contributed by atoms with Gasteiger partial charge in [0, 0.05) is 7.05 Å². The van der Waals surface area contributed by atoms with E-state index in [-0.39, 0.29) is 12.5 Å². The van der Waals surface area contributed by atoms with Gasteiger partial charge in [0.15, 0.2) is 0 Å². The molecule has 1 heterocycles. The van der Waals surface area contributed by atoms with Crippen LogP contribution in [0.3, 0.4) is 0 Å². The number of amides is 4. The lowest BCUT2D eigenvalue weighted by Gasteiger charge is -2.23. The second kappa shape index (κ2) is 8.57. The summed E-state index contributed by atoms with van der Waals surface area (Å²) in [6.45, 7) is 5.98. The minimum Gasteiger partial charge on any atom is -0.492 e. The maximum atomic E-state index is 12.9. The average molecular weight is 409 g/mol. The number of carbonyl (C=O) groups excluding carboxylic acids is 3. The van der Waals surface area contributed by atoms with E-state index in [1.54, 1.807) is 38.2 Å². The third-order valence-electron chi connectivity index (χ3n) is 5.24. The van der Waals surface area contributed by atoms with E-state index in [0.29, 0.717) is 18.7 Å². The van der Waals surface area contributed by atoms with E-state index in [1.165, 1.54) is 4.90 Å². The van der Waals surface area contributed by atoms with Gasteiger partial charge in [-0.15, -0.1) is 0 Å². The van der Waals surface area contributed by atoms with Crippen molar-refractivity contribution < 1.29 is 19.1 Å². The maximum absolute atomic E-state index is 12.9. The standard InChI is InChI=1S/C23H27N3O4/c1-16-12-17(2)14-19(13-16)30-11-10-25(4)20(27)15-26-21(28)23(3,24-22(26)29)18-8-6-5-7-9-18/h5-9,12-14H,10-11,15H2,1-4H3,(H,24,29). The molecule has 1 fully saturated rings. The number of nitrogens with one attached hydrogen (secondary N) is 1. The van der Waals surface area contributed by atoms with Crippen molar-refractivity contribution in [2.75, 3.05) is 26.7 Å². The van der Waals surface area contributed by atoms with Gasteiger partial charge in [0.2, 0.25) is 5.91 Å². The normalized spacial score (nSPS) is 18.3. The van der Waals surface area contributed by atoms with Crippen LogP contribution in [0.15, 0.2) is 48.5 Å². The van der Waals surface area contributed by atoms with Crippen molar-refractivity contribution in [2.24, 2.45) is 0 Å². The minimum absolute atomic E-state index is 0.312. The molecule has 4 amide bonds. The predicted octanol–water partition coefficient (Wildman–Crippen LogP) is 2.61. The molecule has 1 N–H and O–H groups in total. The fourth-order valence-corrected chi connectivity index (χ4v) is 3.51. The molecule has 1 aliphatic rings. The van der Waals surface area contributed by atoms with E-state index in [0.717, 1.165) is 21.8 Å². The Labute approximate surface area is 176 Å². The number of likely N-dealkylation sites (N-methyl/N-ethyl adjacent to an activating group) is 1. The summed E-state index contributed by atoms with van der Waals surface area (Å²) in [4.78, 5) is 40.3. The number of carbonyl (C=O) groups is 3. The van der Waals surface area contributed by atoms with Crippen molar-refractivity contribution in [3.63, 3.8) is 0 Å². The molecule has 0 radical (unpaired) electrons. The number of imide groups is 1. The van der Waals surface area contributed by atoms with Crippen LogP contribution in [0.2, 0.25) is 0 Å². The zero-order chi connectivity index (χ0) is 21.9. The monoisotopic (exact) mass is 409 g/mol. The molecule has 0 bridgehead atoms. The van der Waals surface area contributed by atoms with E-state index < -0.39 is 17.5 Å². The Morgan fingerprint density at radius 1 is 1.10 bits per heavy atom. The van der Waals surface area contributed by atoms with Crippen LogP contribution in [0, 0.1) is 13.8 Å². The number of aryl methyl sites for hydroxylation is 2. The van der Waals surface area contributed by atoms with Crippen molar-refractivity contribution >= 4 is 17.8 Å². The van der Waals surface area contributed by atoms with Gasteiger partial charge in [-0.05, 0) is 49.6 Å². The molecule has 7 heteroatoms. The van der Waals surface area contributed by atoms with Crippen molar-refractivity contribution in [3.8, 4) is 5.75 Å². The highest BCUT2D eigenvalue weighted by Gasteiger charge is 2.49. The molecular weight excluding hydrogens is 382 g/mol. The summed E-state index contributed by atoms with van der Waals surface area (Å²) in [5.41, 5.74) is 1.71. The van der Waals surface area contributed by atoms with Gasteiger partial charge in [-0.25, -0.2) is 4.79 Å². The fraction of sp³-hybridized carbons (Fsp3) is 0.348. The maximum Gasteiger partial charge on any atom is 0.325 e. The molecule has 7 nitrogen and oxygen atoms in total. The molecule has 30 heavy (non-hydrogen) atoms. The summed E-state index contributed by atoms with van der Waals surface area (Å²) < 4.78 is 5.74. The van der Waals surface area contributed by atoms with Gasteiger partial charge < -0.3 is 15.0 Å². The first-order chi connectivity index (χ1) is 14.2. The smallest absolute Gasteiger partial charge is 0.325 e. The Hall–Kier alpha value is -3.35. The van der Waals surface area contributed by atoms with E-state index in [1.807, 2.05) is 32.0 Å². The second-order valence-electron chi connectivity index (χ2n) is 7.80. The van der Waals surface area contributed by atoms with Gasteiger partial charge in [-0.2, -0.15) is 0 Å². The van der Waals surface area contributed by atoms with Crippen LogP contribution in [-0.2, 0) is 15.1 Å². The fourth-order valence-electron chi connectivity index (χ4n) is 3.51. The van der Waals surface area contributed by atoms with Gasteiger partial charge in [-0.1, -0.05) is 36.4 Å². The van der Waals surface area contributed by atoms with E-state index in [4.69, 9.17) is 4.74 Å². The van der Waals surface area contributed by atoms with Crippen LogP contribution < -0.4 is 10.1 Å². The van der Waals surface area contributed by atoms with Crippen LogP contribution in [-0.4, -0.2) is 54.4 Å². The molecule has 3 rings (SSSR count). The number of hydrogen-bond acceptors (Lipinski definition) is 4. The first kappa shape index (κ1) is 21.4. The molecule has 0 aliphatic carbocycles. The topological polar surface area (TPSA) is 79.0 Å². The van der Waals surface area contributed by atoms with E-state index in [9.17, 15) is 14.4 Å². The zero-order valence-corrected chi connectivity index (χ0v) is 17.8. The number of urea groups is 1. The largest absolute Gasteiger partial charge is 0.492 e. The number of nitrogens with zero attached hydrogens (tertiary/aromatic N) is 2. The molecule has 2 aromatic carbocycles. The summed E-state index contributed by atoms with van der Waals surface area (Å²) in [6, 6.07) is 14.4. The highest BCUT2D eigenvalue weighted by molar-refractivity contribution is 6.09. The highest BCUT2D eigenvalue weighted by atomic mass is 16.5. The van der Waals surface area contributed by atoms with Gasteiger partial charge in [0.25, 0.3) is 5.91 Å². The lowest BCUT2D eigenvalue weighted by Crippen LogP contribution is -2.44. The number of benzene rings is 2. The first-order valence-electron chi connectivity index (χ1n) is 9.85. The molecular formula is C23H27N3O4. The lowest BCUT2D eigenvalue weighted by molar-refractivity contribution is -0.138. The minimum atomic E-state index is -1.18. The molecule has 1 unspecified atom stereocenters. The molecule has 0 aromatic heterocycles. The molecule has 1 saturated heterocycles. The number of rotatable bonds is 7. The zero-order valence-electron chi connectivity index (χ0n) is 17.8. The van der Waals surface area contributed by atoms with E-state index >= 15 is 0 Å². The Balaban J connectivity index is 1.57. The first-order valence-corrected chi connectivity index (χ1v) is 9.85. The van der Waals surface area contributed by atoms with E-state index in [2.05, 4.69) is 11.4 Å². The Kier molecular flexibility index (Phi) is 6.10. The predicted molar refractivity (Wildman–Crippen MR) is 113 cm³/mol. The van der Waals surface area contributed by atoms with Crippen molar-refractivity contribution in [1.82, 2.24) is 15.1 Å². The molecule has 158 valence electrons. The quantitative estimate of drug-likeness (QED) is 0.713. The summed E-state index contributed by atoms with van der Waals surface area (Å²) in [7, 11) is 1.63. The third kappa shape index (κ3) is 4.45. The van der Waals surface area contributed by atoms with Crippen LogP contribution in [0.25, 0.3) is 0 Å². The SMILES string of the molecule is Cc1cc(C)cc(OCCN(C)C(=O)CN2C(=O)NC(C)(c3ccccc3)C2=O)c1. The summed E-state index contributed by atoms with van der Waals surface area (Å²) in [5.74, 6) is -0.0205. The average Bonchev–Trinajstić information content (AvgIpc) is 2.92. The van der Waals surface area contributed by atoms with Crippen molar-refractivity contribution in [2.45, 2.75) is 26.3 Å². The summed E-state index contributed by atoms with van der Waals surface area (Å²) in [6.07, 6.45) is 0. The molecule has 0 spiro atoms. The van der Waals surface area contributed by atoms with Crippen LogP contribution in [0.4, 0.5) is 4.79 Å². The Morgan fingerprint density at radius 3 is 2.37 bits per heavy atom. The Morgan fingerprint density at radius 2 is 1.73 bits per heavy atom. The molecule has 0 saturated carbocycles. The second-order valence-corrected chi connectivity index (χ2v) is 7.80. The Bertz CT molecular complexity index is 940. The van der Waals surface area contributed by atoms with Crippen molar-refractivity contribution in [3.05, 3.63) is 65.2 Å². The van der Waals surface area contributed by atoms with Crippen LogP contribution >= 0.6 is 0 Å². The summed E-state index contributed by atoms with van der Waals surface area (Å²) in [5, 5.41) is 2.71. The van der Waals surface area contributed by atoms with Gasteiger partial charge in [-0.3, -0.25) is 14.5 Å². The third-order valence-corrected chi connectivity index (χ3v) is 5.24. The lowest BCUT2D eigenvalue weighted by atomic mass is 9.92. The van der Waals surface area contributed by atoms with Crippen LogP contribution in [0.5, 0.6) is 5.75 Å². The van der Waals surface area contributed by atoms with Gasteiger partial charge in [0.05, 0.1) is 6.54 Å². The number of hydrogen-bond donors (Lipinski definition) is 1. The molecule has 1 atom stereocenters. The molecule has 1 aliphatic heterocycles. The highest BCUT2D eigenvalue weighted by Crippen LogP contribution is 2.28. The molecule has 2 aromatic rings. The van der Waals surface area contributed by atoms with Gasteiger partial charge in [0.1, 0.15) is 24.4 Å².